The van der Waals surface area contributed by atoms with Crippen LogP contribution in [0.25, 0.3) is 0 Å². The van der Waals surface area contributed by atoms with Gasteiger partial charge in [0.15, 0.2) is 0 Å². The molecule has 0 bridgehead atoms. The molecule has 1 heterocycles. The molecule has 1 fully saturated rings. The number of rotatable bonds is 5. The molecule has 21 heavy (non-hydrogen) atoms. The van der Waals surface area contributed by atoms with Crippen LogP contribution >= 0.6 is 11.6 Å². The summed E-state index contributed by atoms with van der Waals surface area (Å²) >= 11 is 6.04. The molecule has 0 aliphatic carbocycles. The number of nitrogens with two attached hydrogens (primary N) is 1. The average molecular weight is 312 g/mol. The van der Waals surface area contributed by atoms with Gasteiger partial charge in [0.25, 0.3) is 0 Å². The Labute approximate surface area is 130 Å². The molecular weight excluding hydrogens is 290 g/mol. The SMILES string of the molecule is N[C@@H]1CCN(CCC(=O)NCc2ccccc2Cl)C[C@H]1O. The van der Waals surface area contributed by atoms with Crippen LogP contribution in [0.1, 0.15) is 18.4 Å². The van der Waals surface area contributed by atoms with Crippen molar-refractivity contribution in [2.24, 2.45) is 5.73 Å². The Morgan fingerprint density at radius 2 is 2.24 bits per heavy atom. The maximum atomic E-state index is 11.8. The number of aliphatic hydroxyl groups excluding tert-OH is 1. The fraction of sp³-hybridized carbons (Fsp3) is 0.533. The highest BCUT2D eigenvalue weighted by Crippen LogP contribution is 2.14. The van der Waals surface area contributed by atoms with Crippen molar-refractivity contribution in [3.8, 4) is 0 Å². The van der Waals surface area contributed by atoms with E-state index in [1.54, 1.807) is 6.07 Å². The van der Waals surface area contributed by atoms with E-state index in [0.717, 1.165) is 18.5 Å². The molecule has 2 rings (SSSR count). The van der Waals surface area contributed by atoms with Crippen LogP contribution in [0.3, 0.4) is 0 Å². The smallest absolute Gasteiger partial charge is 0.221 e. The summed E-state index contributed by atoms with van der Waals surface area (Å²) in [5, 5.41) is 13.2. The Morgan fingerprint density at radius 1 is 1.48 bits per heavy atom. The predicted octanol–water partition coefficient (Wildman–Crippen LogP) is 0.740. The third-order valence-corrected chi connectivity index (χ3v) is 4.18. The van der Waals surface area contributed by atoms with Crippen molar-refractivity contribution in [3.05, 3.63) is 34.9 Å². The van der Waals surface area contributed by atoms with Gasteiger partial charge in [-0.3, -0.25) is 4.79 Å². The van der Waals surface area contributed by atoms with Gasteiger partial charge in [-0.05, 0) is 24.6 Å². The van der Waals surface area contributed by atoms with Gasteiger partial charge in [0.05, 0.1) is 6.10 Å². The number of nitrogens with one attached hydrogen (secondary N) is 1. The summed E-state index contributed by atoms with van der Waals surface area (Å²) in [6.07, 6.45) is 0.680. The first-order chi connectivity index (χ1) is 10.1. The summed E-state index contributed by atoms with van der Waals surface area (Å²) in [5.74, 6) is -0.0146. The standard InChI is InChI=1S/C15H22ClN3O2/c16-12-4-2-1-3-11(12)9-18-15(21)6-8-19-7-5-13(17)14(20)10-19/h1-4,13-14,20H,5-10,17H2,(H,18,21)/t13-,14-/m1/s1. The Balaban J connectivity index is 1.69. The molecule has 1 aliphatic heterocycles. The Hall–Kier alpha value is -1.14. The number of amides is 1. The zero-order valence-electron chi connectivity index (χ0n) is 12.0. The molecular formula is C15H22ClN3O2. The summed E-state index contributed by atoms with van der Waals surface area (Å²) in [5.41, 5.74) is 6.66. The molecule has 1 aromatic carbocycles. The van der Waals surface area contributed by atoms with E-state index in [2.05, 4.69) is 10.2 Å². The molecule has 116 valence electrons. The third kappa shape index (κ3) is 4.97. The summed E-state index contributed by atoms with van der Waals surface area (Å²) in [6.45, 7) is 2.44. The molecule has 0 aromatic heterocycles. The molecule has 0 spiro atoms. The Bertz CT molecular complexity index is 484. The second kappa shape index (κ2) is 7.75. The summed E-state index contributed by atoms with van der Waals surface area (Å²) < 4.78 is 0. The number of hydrogen-bond donors (Lipinski definition) is 3. The lowest BCUT2D eigenvalue weighted by Crippen LogP contribution is -2.51. The molecule has 0 unspecified atom stereocenters. The van der Waals surface area contributed by atoms with Gasteiger partial charge >= 0.3 is 0 Å². The second-order valence-corrected chi connectivity index (χ2v) is 5.85. The van der Waals surface area contributed by atoms with Crippen molar-refractivity contribution in [1.29, 1.82) is 0 Å². The van der Waals surface area contributed by atoms with E-state index in [0.29, 0.717) is 31.1 Å². The largest absolute Gasteiger partial charge is 0.390 e. The van der Waals surface area contributed by atoms with Crippen LogP contribution < -0.4 is 11.1 Å². The van der Waals surface area contributed by atoms with Crippen LogP contribution in [0.4, 0.5) is 0 Å². The first-order valence-corrected chi connectivity index (χ1v) is 7.60. The number of likely N-dealkylation sites (tertiary alicyclic amines) is 1. The first-order valence-electron chi connectivity index (χ1n) is 7.22. The molecule has 0 radical (unpaired) electrons. The highest BCUT2D eigenvalue weighted by atomic mass is 35.5. The highest BCUT2D eigenvalue weighted by Gasteiger charge is 2.24. The number of β-amino-alcohol motifs (C(OH)–C–C–N with tert-alkyl or cyclic N) is 1. The fourth-order valence-electron chi connectivity index (χ4n) is 2.40. The molecule has 2 atom stereocenters. The lowest BCUT2D eigenvalue weighted by Gasteiger charge is -2.33. The van der Waals surface area contributed by atoms with E-state index in [4.69, 9.17) is 17.3 Å². The molecule has 6 heteroatoms. The van der Waals surface area contributed by atoms with Gasteiger partial charge in [0, 0.05) is 37.1 Å². The van der Waals surface area contributed by atoms with E-state index < -0.39 is 6.10 Å². The van der Waals surface area contributed by atoms with Crippen molar-refractivity contribution in [3.63, 3.8) is 0 Å². The molecule has 4 N–H and O–H groups in total. The third-order valence-electron chi connectivity index (χ3n) is 3.81. The second-order valence-electron chi connectivity index (χ2n) is 5.44. The van der Waals surface area contributed by atoms with Crippen LogP contribution in [0, 0.1) is 0 Å². The van der Waals surface area contributed by atoms with E-state index in [1.165, 1.54) is 0 Å². The maximum Gasteiger partial charge on any atom is 0.221 e. The lowest BCUT2D eigenvalue weighted by molar-refractivity contribution is -0.121. The van der Waals surface area contributed by atoms with Crippen molar-refractivity contribution in [2.75, 3.05) is 19.6 Å². The predicted molar refractivity (Wildman–Crippen MR) is 83.0 cm³/mol. The molecule has 1 aromatic rings. The molecule has 0 saturated carbocycles. The van der Waals surface area contributed by atoms with Crippen LogP contribution in [0.5, 0.6) is 0 Å². The van der Waals surface area contributed by atoms with Gasteiger partial charge in [0.1, 0.15) is 0 Å². The van der Waals surface area contributed by atoms with E-state index in [9.17, 15) is 9.90 Å². The van der Waals surface area contributed by atoms with Crippen LogP contribution in [-0.4, -0.2) is 47.7 Å². The normalized spacial score (nSPS) is 23.0. The zero-order valence-corrected chi connectivity index (χ0v) is 12.7. The first kappa shape index (κ1) is 16.2. The number of benzene rings is 1. The zero-order chi connectivity index (χ0) is 15.2. The summed E-state index contributed by atoms with van der Waals surface area (Å²) in [4.78, 5) is 13.9. The van der Waals surface area contributed by atoms with Gasteiger partial charge in [0.2, 0.25) is 5.91 Å². The number of nitrogens with zero attached hydrogens (tertiary/aromatic N) is 1. The molecule has 5 nitrogen and oxygen atoms in total. The van der Waals surface area contributed by atoms with Crippen molar-refractivity contribution < 1.29 is 9.90 Å². The molecule has 1 amide bonds. The molecule has 1 saturated heterocycles. The average Bonchev–Trinajstić information content (AvgIpc) is 2.47. The Morgan fingerprint density at radius 3 is 2.95 bits per heavy atom. The number of carbonyl (C=O) groups is 1. The number of piperidine rings is 1. The van der Waals surface area contributed by atoms with Gasteiger partial charge in [-0.25, -0.2) is 0 Å². The summed E-state index contributed by atoms with van der Waals surface area (Å²) in [6, 6.07) is 7.31. The topological polar surface area (TPSA) is 78.6 Å². The van der Waals surface area contributed by atoms with Gasteiger partial charge in [-0.15, -0.1) is 0 Å². The van der Waals surface area contributed by atoms with Crippen molar-refractivity contribution in [1.82, 2.24) is 10.2 Å². The maximum absolute atomic E-state index is 11.8. The van der Waals surface area contributed by atoms with Gasteiger partial charge in [-0.1, -0.05) is 29.8 Å². The minimum absolute atomic E-state index is 0.0146. The van der Waals surface area contributed by atoms with E-state index >= 15 is 0 Å². The number of hydrogen-bond acceptors (Lipinski definition) is 4. The Kier molecular flexibility index (Phi) is 5.99. The van der Waals surface area contributed by atoms with Crippen LogP contribution in [-0.2, 0) is 11.3 Å². The van der Waals surface area contributed by atoms with Crippen molar-refractivity contribution >= 4 is 17.5 Å². The van der Waals surface area contributed by atoms with Crippen molar-refractivity contribution in [2.45, 2.75) is 31.5 Å². The van der Waals surface area contributed by atoms with E-state index in [-0.39, 0.29) is 11.9 Å². The van der Waals surface area contributed by atoms with Gasteiger partial charge in [-0.2, -0.15) is 0 Å². The van der Waals surface area contributed by atoms with Crippen LogP contribution in [0.2, 0.25) is 5.02 Å². The number of carbonyl (C=O) groups excluding carboxylic acids is 1. The van der Waals surface area contributed by atoms with Gasteiger partial charge < -0.3 is 21.1 Å². The summed E-state index contributed by atoms with van der Waals surface area (Å²) in [7, 11) is 0. The highest BCUT2D eigenvalue weighted by molar-refractivity contribution is 6.31. The number of halogens is 1. The van der Waals surface area contributed by atoms with E-state index in [1.807, 2.05) is 18.2 Å². The molecule has 1 aliphatic rings. The lowest BCUT2D eigenvalue weighted by atomic mass is 10.0. The minimum atomic E-state index is -0.495. The minimum Gasteiger partial charge on any atom is -0.390 e. The number of aliphatic hydroxyl groups is 1. The van der Waals surface area contributed by atoms with Crippen LogP contribution in [0.15, 0.2) is 24.3 Å². The quantitative estimate of drug-likeness (QED) is 0.749. The fourth-order valence-corrected chi connectivity index (χ4v) is 2.60. The monoisotopic (exact) mass is 311 g/mol.